The van der Waals surface area contributed by atoms with E-state index in [-0.39, 0.29) is 5.56 Å². The number of hydrogen-bond donors (Lipinski definition) is 1. The Balaban J connectivity index is 2.03. The van der Waals surface area contributed by atoms with Crippen molar-refractivity contribution in [1.82, 2.24) is 14.3 Å². The van der Waals surface area contributed by atoms with Crippen molar-refractivity contribution in [2.75, 3.05) is 25.7 Å². The zero-order chi connectivity index (χ0) is 21.0. The molecule has 0 amide bonds. The SMILES string of the molecule is COc1ccccc1-n1c(SCCCNS(C)(=O)=O)nc2cc(Cl)ccc2c1=O. The van der Waals surface area contributed by atoms with Crippen molar-refractivity contribution in [3.8, 4) is 11.4 Å². The van der Waals surface area contributed by atoms with Crippen molar-refractivity contribution < 1.29 is 13.2 Å². The molecule has 1 aromatic heterocycles. The van der Waals surface area contributed by atoms with Crippen molar-refractivity contribution >= 4 is 44.3 Å². The van der Waals surface area contributed by atoms with Crippen LogP contribution in [0.2, 0.25) is 5.02 Å². The lowest BCUT2D eigenvalue weighted by atomic mass is 10.2. The van der Waals surface area contributed by atoms with E-state index in [1.54, 1.807) is 37.4 Å². The summed E-state index contributed by atoms with van der Waals surface area (Å²) < 4.78 is 31.8. The van der Waals surface area contributed by atoms with Gasteiger partial charge in [-0.05, 0) is 36.8 Å². The van der Waals surface area contributed by atoms with Crippen LogP contribution in [0.5, 0.6) is 5.75 Å². The maximum atomic E-state index is 13.3. The highest BCUT2D eigenvalue weighted by molar-refractivity contribution is 7.99. The third-order valence-corrected chi connectivity index (χ3v) is 6.03. The molecule has 0 aliphatic carbocycles. The number of methoxy groups -OCH3 is 1. The number of benzene rings is 2. The van der Waals surface area contributed by atoms with Crippen LogP contribution in [-0.4, -0.2) is 43.6 Å². The third-order valence-electron chi connectivity index (χ3n) is 4.04. The van der Waals surface area contributed by atoms with E-state index in [9.17, 15) is 13.2 Å². The molecule has 29 heavy (non-hydrogen) atoms. The molecule has 0 saturated heterocycles. The van der Waals surface area contributed by atoms with E-state index in [4.69, 9.17) is 16.3 Å². The third kappa shape index (κ3) is 5.30. The molecule has 154 valence electrons. The Bertz CT molecular complexity index is 1200. The highest BCUT2D eigenvalue weighted by atomic mass is 35.5. The molecule has 1 heterocycles. The molecular weight excluding hydrogens is 434 g/mol. The largest absolute Gasteiger partial charge is 0.495 e. The summed E-state index contributed by atoms with van der Waals surface area (Å²) in [5.41, 5.74) is 0.861. The van der Waals surface area contributed by atoms with Gasteiger partial charge in [-0.3, -0.25) is 9.36 Å². The van der Waals surface area contributed by atoms with Crippen molar-refractivity contribution in [3.63, 3.8) is 0 Å². The molecule has 0 saturated carbocycles. The van der Waals surface area contributed by atoms with E-state index in [0.717, 1.165) is 6.26 Å². The number of fused-ring (bicyclic) bond motifs is 1. The lowest BCUT2D eigenvalue weighted by Gasteiger charge is -2.15. The summed E-state index contributed by atoms with van der Waals surface area (Å²) in [4.78, 5) is 17.9. The summed E-state index contributed by atoms with van der Waals surface area (Å²) in [5, 5.41) is 1.42. The highest BCUT2D eigenvalue weighted by Crippen LogP contribution is 2.28. The van der Waals surface area contributed by atoms with E-state index < -0.39 is 10.0 Å². The molecule has 0 aliphatic heterocycles. The number of para-hydroxylation sites is 2. The first-order chi connectivity index (χ1) is 13.8. The highest BCUT2D eigenvalue weighted by Gasteiger charge is 2.16. The van der Waals surface area contributed by atoms with Gasteiger partial charge >= 0.3 is 0 Å². The number of nitrogens with one attached hydrogen (secondary N) is 1. The first-order valence-corrected chi connectivity index (χ1v) is 12.0. The van der Waals surface area contributed by atoms with Gasteiger partial charge in [0.2, 0.25) is 10.0 Å². The van der Waals surface area contributed by atoms with Crippen LogP contribution < -0.4 is 15.0 Å². The van der Waals surface area contributed by atoms with Gasteiger partial charge in [-0.2, -0.15) is 0 Å². The molecule has 0 bridgehead atoms. The first-order valence-electron chi connectivity index (χ1n) is 8.73. The molecule has 0 unspecified atom stereocenters. The van der Waals surface area contributed by atoms with Gasteiger partial charge in [-0.1, -0.05) is 35.5 Å². The average molecular weight is 454 g/mol. The fourth-order valence-electron chi connectivity index (χ4n) is 2.76. The van der Waals surface area contributed by atoms with Gasteiger partial charge in [0.25, 0.3) is 5.56 Å². The molecule has 7 nitrogen and oxygen atoms in total. The van der Waals surface area contributed by atoms with Gasteiger partial charge in [-0.25, -0.2) is 18.1 Å². The van der Waals surface area contributed by atoms with E-state index in [0.29, 0.717) is 51.2 Å². The summed E-state index contributed by atoms with van der Waals surface area (Å²) in [6.07, 6.45) is 1.70. The summed E-state index contributed by atoms with van der Waals surface area (Å²) in [6, 6.07) is 12.2. The summed E-state index contributed by atoms with van der Waals surface area (Å²) in [6.45, 7) is 0.310. The van der Waals surface area contributed by atoms with Crippen LogP contribution in [0.15, 0.2) is 52.4 Å². The van der Waals surface area contributed by atoms with Gasteiger partial charge in [-0.15, -0.1) is 0 Å². The van der Waals surface area contributed by atoms with Gasteiger partial charge in [0, 0.05) is 17.3 Å². The van der Waals surface area contributed by atoms with Crippen molar-refractivity contribution in [2.24, 2.45) is 0 Å². The Morgan fingerprint density at radius 3 is 2.72 bits per heavy atom. The Hall–Kier alpha value is -2.07. The Morgan fingerprint density at radius 1 is 1.24 bits per heavy atom. The minimum atomic E-state index is -3.23. The Labute approximate surface area is 178 Å². The number of halogens is 1. The molecule has 10 heteroatoms. The molecule has 0 spiro atoms. The van der Waals surface area contributed by atoms with E-state index in [1.165, 1.54) is 16.3 Å². The standard InChI is InChI=1S/C19H20ClN3O4S2/c1-27-17-7-4-3-6-16(17)23-18(24)14-9-8-13(20)12-15(14)22-19(23)28-11-5-10-21-29(2,25)26/h3-4,6-9,12,21H,5,10-11H2,1-2H3. The predicted octanol–water partition coefficient (Wildman–Crippen LogP) is 3.08. The summed E-state index contributed by atoms with van der Waals surface area (Å²) in [7, 11) is -1.69. The molecule has 0 aliphatic rings. The zero-order valence-corrected chi connectivity index (χ0v) is 18.3. The Kier molecular flexibility index (Phi) is 6.84. The maximum absolute atomic E-state index is 13.3. The molecule has 0 fully saturated rings. The second kappa shape index (κ2) is 9.17. The van der Waals surface area contributed by atoms with Crippen LogP contribution >= 0.6 is 23.4 Å². The molecule has 2 aromatic carbocycles. The molecule has 3 aromatic rings. The molecular formula is C19H20ClN3O4S2. The lowest BCUT2D eigenvalue weighted by molar-refractivity contribution is 0.411. The number of rotatable bonds is 8. The second-order valence-electron chi connectivity index (χ2n) is 6.24. The fourth-order valence-corrected chi connectivity index (χ4v) is 4.38. The fraction of sp³-hybridized carbons (Fsp3) is 0.263. The average Bonchev–Trinajstić information content (AvgIpc) is 2.67. The maximum Gasteiger partial charge on any atom is 0.266 e. The number of thioether (sulfide) groups is 1. The second-order valence-corrected chi connectivity index (χ2v) is 9.57. The van der Waals surface area contributed by atoms with Gasteiger partial charge in [0.15, 0.2) is 5.16 Å². The van der Waals surface area contributed by atoms with Crippen LogP contribution in [0.3, 0.4) is 0 Å². The van der Waals surface area contributed by atoms with Gasteiger partial charge < -0.3 is 4.74 Å². The Morgan fingerprint density at radius 2 is 2.00 bits per heavy atom. The van der Waals surface area contributed by atoms with Crippen LogP contribution in [0.4, 0.5) is 0 Å². The van der Waals surface area contributed by atoms with Crippen LogP contribution in [-0.2, 0) is 10.0 Å². The normalized spacial score (nSPS) is 11.7. The molecule has 3 rings (SSSR count). The van der Waals surface area contributed by atoms with Gasteiger partial charge in [0.05, 0.1) is 30.0 Å². The smallest absolute Gasteiger partial charge is 0.266 e. The number of aromatic nitrogens is 2. The summed E-state index contributed by atoms with van der Waals surface area (Å²) >= 11 is 7.44. The molecule has 1 N–H and O–H groups in total. The van der Waals surface area contributed by atoms with Gasteiger partial charge in [0.1, 0.15) is 5.75 Å². The summed E-state index contributed by atoms with van der Waals surface area (Å²) in [5.74, 6) is 1.11. The van der Waals surface area contributed by atoms with Crippen molar-refractivity contribution in [3.05, 3.63) is 57.8 Å². The van der Waals surface area contributed by atoms with E-state index in [1.807, 2.05) is 12.1 Å². The zero-order valence-electron chi connectivity index (χ0n) is 15.9. The first kappa shape index (κ1) is 21.6. The van der Waals surface area contributed by atoms with E-state index >= 15 is 0 Å². The predicted molar refractivity (Wildman–Crippen MR) is 117 cm³/mol. The monoisotopic (exact) mass is 453 g/mol. The van der Waals surface area contributed by atoms with Crippen LogP contribution in [0.25, 0.3) is 16.6 Å². The topological polar surface area (TPSA) is 90.3 Å². The lowest BCUT2D eigenvalue weighted by Crippen LogP contribution is -2.24. The number of hydrogen-bond acceptors (Lipinski definition) is 6. The number of nitrogens with zero attached hydrogens (tertiary/aromatic N) is 2. The van der Waals surface area contributed by atoms with Crippen LogP contribution in [0.1, 0.15) is 6.42 Å². The number of sulfonamides is 1. The minimum Gasteiger partial charge on any atom is -0.495 e. The minimum absolute atomic E-state index is 0.229. The van der Waals surface area contributed by atoms with Crippen molar-refractivity contribution in [2.45, 2.75) is 11.6 Å². The number of ether oxygens (including phenoxy) is 1. The molecule has 0 radical (unpaired) electrons. The molecule has 0 atom stereocenters. The van der Waals surface area contributed by atoms with E-state index in [2.05, 4.69) is 9.71 Å². The van der Waals surface area contributed by atoms with Crippen LogP contribution in [0, 0.1) is 0 Å². The quantitative estimate of drug-likeness (QED) is 0.320. The van der Waals surface area contributed by atoms with Crippen molar-refractivity contribution in [1.29, 1.82) is 0 Å².